The highest BCUT2D eigenvalue weighted by atomic mass is 16.2. The molecule has 0 spiro atoms. The Labute approximate surface area is 128 Å². The third-order valence-electron chi connectivity index (χ3n) is 2.79. The maximum Gasteiger partial charge on any atom is 0.323 e. The number of hydrogen-bond donors (Lipinski definition) is 3. The summed E-state index contributed by atoms with van der Waals surface area (Å²) in [6, 6.07) is 15.3. The Hall–Kier alpha value is -3.26. The molecule has 0 aromatic heterocycles. The average Bonchev–Trinajstić information content (AvgIpc) is 2.54. The summed E-state index contributed by atoms with van der Waals surface area (Å²) in [6.07, 6.45) is 5.08. The largest absolute Gasteiger partial charge is 0.341 e. The second kappa shape index (κ2) is 7.50. The first-order valence-corrected chi connectivity index (χ1v) is 6.64. The predicted octanol–water partition coefficient (Wildman–Crippen LogP) is 2.69. The molecule has 0 fully saturated rings. The van der Waals surface area contributed by atoms with Crippen LogP contribution in [0, 0.1) is 12.3 Å². The van der Waals surface area contributed by atoms with E-state index in [0.717, 1.165) is 0 Å². The van der Waals surface area contributed by atoms with Crippen LogP contribution < -0.4 is 16.0 Å². The molecule has 22 heavy (non-hydrogen) atoms. The molecule has 2 aromatic carbocycles. The molecule has 0 aliphatic carbocycles. The molecular formula is C17H15N3O2. The minimum absolute atomic E-state index is 0.179. The van der Waals surface area contributed by atoms with Crippen molar-refractivity contribution in [2.24, 2.45) is 0 Å². The van der Waals surface area contributed by atoms with Crippen LogP contribution in [0.25, 0.3) is 0 Å². The van der Waals surface area contributed by atoms with E-state index in [1.807, 2.05) is 18.2 Å². The van der Waals surface area contributed by atoms with E-state index in [9.17, 15) is 9.59 Å². The highest BCUT2D eigenvalue weighted by Gasteiger charge is 2.06. The smallest absolute Gasteiger partial charge is 0.323 e. The third-order valence-corrected chi connectivity index (χ3v) is 2.79. The van der Waals surface area contributed by atoms with Gasteiger partial charge in [0, 0.05) is 16.9 Å². The third kappa shape index (κ3) is 4.39. The average molecular weight is 293 g/mol. The van der Waals surface area contributed by atoms with Crippen molar-refractivity contribution in [3.63, 3.8) is 0 Å². The Morgan fingerprint density at radius 2 is 1.50 bits per heavy atom. The summed E-state index contributed by atoms with van der Waals surface area (Å²) in [7, 11) is 0. The number of hydrogen-bond acceptors (Lipinski definition) is 2. The van der Waals surface area contributed by atoms with Gasteiger partial charge < -0.3 is 16.0 Å². The van der Waals surface area contributed by atoms with Gasteiger partial charge in [-0.05, 0) is 36.4 Å². The van der Waals surface area contributed by atoms with Crippen molar-refractivity contribution in [2.45, 2.75) is 0 Å². The quantitative estimate of drug-likeness (QED) is 0.759. The number of nitrogens with one attached hydrogen (secondary N) is 3. The topological polar surface area (TPSA) is 70.2 Å². The Morgan fingerprint density at radius 3 is 2.09 bits per heavy atom. The molecule has 0 unspecified atom stereocenters. The number of amides is 3. The minimum Gasteiger partial charge on any atom is -0.341 e. The molecule has 110 valence electrons. The van der Waals surface area contributed by atoms with E-state index in [4.69, 9.17) is 6.42 Å². The molecule has 0 saturated carbocycles. The second-order valence-corrected chi connectivity index (χ2v) is 4.41. The first kappa shape index (κ1) is 15.1. The van der Waals surface area contributed by atoms with E-state index in [1.165, 1.54) is 0 Å². The van der Waals surface area contributed by atoms with Gasteiger partial charge in [-0.25, -0.2) is 4.79 Å². The monoisotopic (exact) mass is 293 g/mol. The van der Waals surface area contributed by atoms with Gasteiger partial charge in [0.15, 0.2) is 0 Å². The van der Waals surface area contributed by atoms with Crippen LogP contribution in [-0.4, -0.2) is 18.5 Å². The Bertz CT molecular complexity index is 688. The lowest BCUT2D eigenvalue weighted by Crippen LogP contribution is -2.23. The molecule has 3 amide bonds. The van der Waals surface area contributed by atoms with Gasteiger partial charge in [0.25, 0.3) is 5.91 Å². The van der Waals surface area contributed by atoms with Crippen LogP contribution in [0.4, 0.5) is 16.2 Å². The minimum atomic E-state index is -0.351. The molecule has 2 rings (SSSR count). The fourth-order valence-corrected chi connectivity index (χ4v) is 1.75. The molecule has 0 aliphatic heterocycles. The van der Waals surface area contributed by atoms with E-state index in [0.29, 0.717) is 16.9 Å². The molecule has 0 atom stereocenters. The van der Waals surface area contributed by atoms with Crippen LogP contribution >= 0.6 is 0 Å². The van der Waals surface area contributed by atoms with Gasteiger partial charge in [0.05, 0.1) is 6.54 Å². The Morgan fingerprint density at radius 1 is 0.909 bits per heavy atom. The van der Waals surface area contributed by atoms with E-state index in [-0.39, 0.29) is 18.5 Å². The lowest BCUT2D eigenvalue weighted by atomic mass is 10.2. The van der Waals surface area contributed by atoms with Crippen molar-refractivity contribution in [1.29, 1.82) is 0 Å². The SMILES string of the molecule is C#CCNC(=O)c1ccc(NC(=O)Nc2ccccc2)cc1. The summed E-state index contributed by atoms with van der Waals surface area (Å²) in [5, 5.41) is 7.96. The number of benzene rings is 2. The maximum absolute atomic E-state index is 11.8. The van der Waals surface area contributed by atoms with Gasteiger partial charge in [-0.3, -0.25) is 4.79 Å². The standard InChI is InChI=1S/C17H15N3O2/c1-2-12-18-16(21)13-8-10-15(11-9-13)20-17(22)19-14-6-4-3-5-7-14/h1,3-11H,12H2,(H,18,21)(H2,19,20,22). The zero-order valence-electron chi connectivity index (χ0n) is 11.8. The second-order valence-electron chi connectivity index (χ2n) is 4.41. The number of para-hydroxylation sites is 1. The summed E-state index contributed by atoms with van der Waals surface area (Å²) in [5.74, 6) is 2.08. The van der Waals surface area contributed by atoms with Crippen molar-refractivity contribution in [2.75, 3.05) is 17.2 Å². The lowest BCUT2D eigenvalue weighted by molar-refractivity contribution is 0.0958. The number of terminal acetylenes is 1. The molecule has 5 nitrogen and oxygen atoms in total. The van der Waals surface area contributed by atoms with Crippen molar-refractivity contribution in [3.05, 3.63) is 60.2 Å². The van der Waals surface area contributed by atoms with Crippen LogP contribution in [-0.2, 0) is 0 Å². The molecule has 0 bridgehead atoms. The van der Waals surface area contributed by atoms with E-state index >= 15 is 0 Å². The molecule has 3 N–H and O–H groups in total. The van der Waals surface area contributed by atoms with Crippen molar-refractivity contribution in [3.8, 4) is 12.3 Å². The molecule has 2 aromatic rings. The van der Waals surface area contributed by atoms with Gasteiger partial charge in [-0.1, -0.05) is 24.1 Å². The van der Waals surface area contributed by atoms with Crippen LogP contribution in [0.3, 0.4) is 0 Å². The summed E-state index contributed by atoms with van der Waals surface area (Å²) >= 11 is 0. The molecule has 0 heterocycles. The number of urea groups is 1. The number of carbonyl (C=O) groups excluding carboxylic acids is 2. The van der Waals surface area contributed by atoms with Crippen molar-refractivity contribution < 1.29 is 9.59 Å². The van der Waals surface area contributed by atoms with E-state index in [1.54, 1.807) is 36.4 Å². The zero-order valence-corrected chi connectivity index (χ0v) is 11.8. The van der Waals surface area contributed by atoms with Crippen LogP contribution in [0.2, 0.25) is 0 Å². The summed E-state index contributed by atoms with van der Waals surface area (Å²) in [6.45, 7) is 0.179. The summed E-state index contributed by atoms with van der Waals surface area (Å²) in [5.41, 5.74) is 1.76. The van der Waals surface area contributed by atoms with E-state index in [2.05, 4.69) is 21.9 Å². The highest BCUT2D eigenvalue weighted by molar-refractivity contribution is 6.00. The highest BCUT2D eigenvalue weighted by Crippen LogP contribution is 2.11. The summed E-state index contributed by atoms with van der Waals surface area (Å²) in [4.78, 5) is 23.5. The first-order chi connectivity index (χ1) is 10.7. The molecular weight excluding hydrogens is 278 g/mol. The van der Waals surface area contributed by atoms with Gasteiger partial charge in [-0.2, -0.15) is 0 Å². The van der Waals surface area contributed by atoms with Crippen LogP contribution in [0.1, 0.15) is 10.4 Å². The van der Waals surface area contributed by atoms with Gasteiger partial charge in [0.2, 0.25) is 0 Å². The maximum atomic E-state index is 11.8. The number of carbonyl (C=O) groups is 2. The van der Waals surface area contributed by atoms with Gasteiger partial charge >= 0.3 is 6.03 Å². The molecule has 0 radical (unpaired) electrons. The normalized spacial score (nSPS) is 9.41. The van der Waals surface area contributed by atoms with Crippen molar-refractivity contribution >= 4 is 23.3 Å². The predicted molar refractivity (Wildman–Crippen MR) is 86.7 cm³/mol. The van der Waals surface area contributed by atoms with E-state index < -0.39 is 0 Å². The van der Waals surface area contributed by atoms with Gasteiger partial charge in [-0.15, -0.1) is 6.42 Å². The molecule has 0 saturated heterocycles. The number of rotatable bonds is 4. The molecule has 5 heteroatoms. The lowest BCUT2D eigenvalue weighted by Gasteiger charge is -2.08. The fraction of sp³-hybridized carbons (Fsp3) is 0.0588. The number of anilines is 2. The fourth-order valence-electron chi connectivity index (χ4n) is 1.75. The van der Waals surface area contributed by atoms with Crippen molar-refractivity contribution in [1.82, 2.24) is 5.32 Å². The zero-order chi connectivity index (χ0) is 15.8. The summed E-state index contributed by atoms with van der Waals surface area (Å²) < 4.78 is 0. The molecule has 0 aliphatic rings. The Kier molecular flexibility index (Phi) is 5.16. The van der Waals surface area contributed by atoms with Crippen LogP contribution in [0.5, 0.6) is 0 Å². The Balaban J connectivity index is 1.92. The first-order valence-electron chi connectivity index (χ1n) is 6.64. The van der Waals surface area contributed by atoms with Gasteiger partial charge in [0.1, 0.15) is 0 Å². The van der Waals surface area contributed by atoms with Crippen LogP contribution in [0.15, 0.2) is 54.6 Å².